The van der Waals surface area contributed by atoms with E-state index >= 15 is 0 Å². The Hall–Kier alpha value is -2.47. The number of hydrogen-bond donors (Lipinski definition) is 0. The third kappa shape index (κ3) is 3.70. The van der Waals surface area contributed by atoms with E-state index in [2.05, 4.69) is 32.6 Å². The molecule has 4 rings (SSSR count). The lowest BCUT2D eigenvalue weighted by Gasteiger charge is -2.36. The Morgan fingerprint density at radius 1 is 1.15 bits per heavy atom. The molecule has 1 saturated heterocycles. The average molecular weight is 366 g/mol. The molecule has 134 valence electrons. The van der Waals surface area contributed by atoms with Crippen molar-refractivity contribution < 1.29 is 4.79 Å². The summed E-state index contributed by atoms with van der Waals surface area (Å²) in [5.74, 6) is 0.135. The van der Waals surface area contributed by atoms with Crippen LogP contribution in [0.15, 0.2) is 54.4 Å². The molecule has 26 heavy (non-hydrogen) atoms. The molecule has 6 heteroatoms. The smallest absolute Gasteiger partial charge is 0.254 e. The van der Waals surface area contributed by atoms with E-state index in [-0.39, 0.29) is 5.91 Å². The molecule has 0 bridgehead atoms. The van der Waals surface area contributed by atoms with Crippen LogP contribution in [0.5, 0.6) is 0 Å². The number of rotatable bonds is 5. The van der Waals surface area contributed by atoms with E-state index in [0.29, 0.717) is 6.04 Å². The Balaban J connectivity index is 1.50. The van der Waals surface area contributed by atoms with Gasteiger partial charge in [-0.2, -0.15) is 0 Å². The molecule has 1 aliphatic rings. The minimum absolute atomic E-state index is 0.135. The first-order chi connectivity index (χ1) is 12.8. The lowest BCUT2D eigenvalue weighted by molar-refractivity contribution is 0.0602. The first-order valence-corrected chi connectivity index (χ1v) is 9.97. The molecule has 1 atom stereocenters. The van der Waals surface area contributed by atoms with Crippen molar-refractivity contribution in [1.29, 1.82) is 0 Å². The van der Waals surface area contributed by atoms with Gasteiger partial charge in [-0.15, -0.1) is 21.5 Å². The van der Waals surface area contributed by atoms with Crippen LogP contribution >= 0.6 is 11.3 Å². The molecule has 3 heterocycles. The predicted octanol–water partition coefficient (Wildman–Crippen LogP) is 3.96. The highest BCUT2D eigenvalue weighted by molar-refractivity contribution is 7.09. The molecular formula is C20H22N4OS. The molecule has 1 aromatic carbocycles. The highest BCUT2D eigenvalue weighted by atomic mass is 32.1. The summed E-state index contributed by atoms with van der Waals surface area (Å²) >= 11 is 1.80. The van der Waals surface area contributed by atoms with Crippen molar-refractivity contribution in [1.82, 2.24) is 19.7 Å². The van der Waals surface area contributed by atoms with E-state index in [1.54, 1.807) is 24.0 Å². The van der Waals surface area contributed by atoms with Gasteiger partial charge in [0.1, 0.15) is 12.7 Å². The number of hydrogen-bond acceptors (Lipinski definition) is 4. The molecule has 1 amide bonds. The summed E-state index contributed by atoms with van der Waals surface area (Å²) in [4.78, 5) is 16.7. The van der Waals surface area contributed by atoms with Crippen LogP contribution in [0.2, 0.25) is 0 Å². The highest BCUT2D eigenvalue weighted by Gasteiger charge is 2.27. The molecule has 1 aliphatic heterocycles. The zero-order chi connectivity index (χ0) is 17.8. The summed E-state index contributed by atoms with van der Waals surface area (Å²) in [6.07, 6.45) is 8.78. The van der Waals surface area contributed by atoms with Crippen LogP contribution in [0.25, 0.3) is 5.69 Å². The lowest BCUT2D eigenvalue weighted by atomic mass is 9.96. The number of carbonyl (C=O) groups is 1. The van der Waals surface area contributed by atoms with E-state index in [0.717, 1.165) is 43.5 Å². The number of nitrogens with zero attached hydrogens (tertiary/aromatic N) is 4. The van der Waals surface area contributed by atoms with Gasteiger partial charge in [-0.05, 0) is 61.7 Å². The summed E-state index contributed by atoms with van der Waals surface area (Å²) in [6, 6.07) is 12.3. The van der Waals surface area contributed by atoms with E-state index in [1.807, 2.05) is 28.8 Å². The minimum atomic E-state index is 0.135. The van der Waals surface area contributed by atoms with Gasteiger partial charge in [0.2, 0.25) is 0 Å². The van der Waals surface area contributed by atoms with Crippen molar-refractivity contribution in [3.05, 3.63) is 64.9 Å². The summed E-state index contributed by atoms with van der Waals surface area (Å²) in [6.45, 7) is 0.852. The van der Waals surface area contributed by atoms with Crippen LogP contribution in [0.3, 0.4) is 0 Å². The topological polar surface area (TPSA) is 51.0 Å². The van der Waals surface area contributed by atoms with Crippen LogP contribution < -0.4 is 0 Å². The Labute approximate surface area is 157 Å². The maximum absolute atomic E-state index is 13.2. The van der Waals surface area contributed by atoms with E-state index < -0.39 is 0 Å². The zero-order valence-electron chi connectivity index (χ0n) is 14.6. The molecule has 1 unspecified atom stereocenters. The number of piperidine rings is 1. The van der Waals surface area contributed by atoms with Gasteiger partial charge < -0.3 is 4.90 Å². The Morgan fingerprint density at radius 3 is 2.85 bits per heavy atom. The molecule has 5 nitrogen and oxygen atoms in total. The predicted molar refractivity (Wildman–Crippen MR) is 103 cm³/mol. The first-order valence-electron chi connectivity index (χ1n) is 9.10. The second kappa shape index (κ2) is 7.83. The largest absolute Gasteiger partial charge is 0.336 e. The van der Waals surface area contributed by atoms with Gasteiger partial charge in [0.15, 0.2) is 0 Å². The van der Waals surface area contributed by atoms with Crippen LogP contribution in [0.4, 0.5) is 0 Å². The monoisotopic (exact) mass is 366 g/mol. The first kappa shape index (κ1) is 17.0. The van der Waals surface area contributed by atoms with Crippen molar-refractivity contribution in [3.8, 4) is 5.69 Å². The SMILES string of the molecule is O=C(c1cccc(-n2cnnc2)c1)N1CCCCC1CCc1cccs1. The molecule has 3 aromatic rings. The third-order valence-corrected chi connectivity index (χ3v) is 5.94. The van der Waals surface area contributed by atoms with Gasteiger partial charge in [-0.3, -0.25) is 9.36 Å². The van der Waals surface area contributed by atoms with E-state index in [4.69, 9.17) is 0 Å². The van der Waals surface area contributed by atoms with Gasteiger partial charge in [0, 0.05) is 28.7 Å². The van der Waals surface area contributed by atoms with Crippen molar-refractivity contribution in [2.45, 2.75) is 38.1 Å². The van der Waals surface area contributed by atoms with Crippen molar-refractivity contribution in [2.75, 3.05) is 6.54 Å². The molecule has 2 aromatic heterocycles. The number of aromatic nitrogens is 3. The minimum Gasteiger partial charge on any atom is -0.336 e. The molecule has 0 saturated carbocycles. The van der Waals surface area contributed by atoms with Gasteiger partial charge in [-0.1, -0.05) is 12.1 Å². The Bertz CT molecular complexity index is 845. The number of benzene rings is 1. The van der Waals surface area contributed by atoms with Gasteiger partial charge in [-0.25, -0.2) is 0 Å². The van der Waals surface area contributed by atoms with Gasteiger partial charge in [0.25, 0.3) is 5.91 Å². The second-order valence-electron chi connectivity index (χ2n) is 6.69. The van der Waals surface area contributed by atoms with Crippen LogP contribution in [0.1, 0.15) is 40.9 Å². The van der Waals surface area contributed by atoms with Crippen LogP contribution in [-0.2, 0) is 6.42 Å². The lowest BCUT2D eigenvalue weighted by Crippen LogP contribution is -2.44. The summed E-state index contributed by atoms with van der Waals surface area (Å²) < 4.78 is 1.82. The summed E-state index contributed by atoms with van der Waals surface area (Å²) in [5.41, 5.74) is 1.65. The van der Waals surface area contributed by atoms with E-state index in [9.17, 15) is 4.79 Å². The molecule has 0 N–H and O–H groups in total. The number of amides is 1. The van der Waals surface area contributed by atoms with Crippen molar-refractivity contribution in [3.63, 3.8) is 0 Å². The van der Waals surface area contributed by atoms with Crippen molar-refractivity contribution in [2.24, 2.45) is 0 Å². The number of aryl methyl sites for hydroxylation is 1. The molecule has 1 fully saturated rings. The van der Waals surface area contributed by atoms with Gasteiger partial charge in [0.05, 0.1) is 0 Å². The number of likely N-dealkylation sites (tertiary alicyclic amines) is 1. The van der Waals surface area contributed by atoms with Crippen molar-refractivity contribution >= 4 is 17.2 Å². The highest BCUT2D eigenvalue weighted by Crippen LogP contribution is 2.25. The number of carbonyl (C=O) groups excluding carboxylic acids is 1. The fourth-order valence-corrected chi connectivity index (χ4v) is 4.36. The maximum Gasteiger partial charge on any atom is 0.254 e. The van der Waals surface area contributed by atoms with Gasteiger partial charge >= 0.3 is 0 Å². The summed E-state index contributed by atoms with van der Waals surface area (Å²) in [5, 5.41) is 9.81. The fourth-order valence-electron chi connectivity index (χ4n) is 3.63. The summed E-state index contributed by atoms with van der Waals surface area (Å²) in [7, 11) is 0. The fraction of sp³-hybridized carbons (Fsp3) is 0.350. The quantitative estimate of drug-likeness (QED) is 0.687. The standard InChI is InChI=1S/C20H22N4OS/c25-20(16-5-3-7-18(13-16)23-14-21-22-15-23)24-11-2-1-6-17(24)9-10-19-8-4-12-26-19/h3-5,7-8,12-15,17H,1-2,6,9-11H2. The molecule has 0 spiro atoms. The second-order valence-corrected chi connectivity index (χ2v) is 7.72. The number of thiophene rings is 1. The maximum atomic E-state index is 13.2. The van der Waals surface area contributed by atoms with E-state index in [1.165, 1.54) is 11.3 Å². The normalized spacial score (nSPS) is 17.4. The average Bonchev–Trinajstić information content (AvgIpc) is 3.40. The Morgan fingerprint density at radius 2 is 2.04 bits per heavy atom. The Kier molecular flexibility index (Phi) is 5.11. The molecule has 0 aliphatic carbocycles. The zero-order valence-corrected chi connectivity index (χ0v) is 15.4. The third-order valence-electron chi connectivity index (χ3n) is 5.00. The van der Waals surface area contributed by atoms with Crippen LogP contribution in [-0.4, -0.2) is 38.2 Å². The molecule has 0 radical (unpaired) electrons. The van der Waals surface area contributed by atoms with Crippen LogP contribution in [0, 0.1) is 0 Å². The molecular weight excluding hydrogens is 344 g/mol.